The lowest BCUT2D eigenvalue weighted by molar-refractivity contribution is 1.06. The largest absolute Gasteiger partial charge is 0.383 e. The average Bonchev–Trinajstić information content (AvgIpc) is 2.42. The van der Waals surface area contributed by atoms with Crippen molar-refractivity contribution >= 4 is 17.3 Å². The van der Waals surface area contributed by atoms with Gasteiger partial charge in [0.15, 0.2) is 0 Å². The number of nitrogens with two attached hydrogens (primary N) is 1. The summed E-state index contributed by atoms with van der Waals surface area (Å²) in [6.07, 6.45) is 2.63. The molecule has 0 spiro atoms. The number of nitriles is 1. The molecule has 5 heteroatoms. The first kappa shape index (κ1) is 12.8. The summed E-state index contributed by atoms with van der Waals surface area (Å²) in [4.78, 5) is 8.19. The minimum atomic E-state index is 0.418. The Kier molecular flexibility index (Phi) is 3.94. The minimum Gasteiger partial charge on any atom is -0.383 e. The first-order chi connectivity index (χ1) is 9.24. The summed E-state index contributed by atoms with van der Waals surface area (Å²) in [5.41, 5.74) is 8.63. The van der Waals surface area contributed by atoms with Crippen molar-refractivity contribution in [3.8, 4) is 6.07 Å². The number of nitrogens with one attached hydrogen (secondary N) is 1. The van der Waals surface area contributed by atoms with Crippen LogP contribution in [0.4, 0.5) is 17.3 Å². The second-order valence-corrected chi connectivity index (χ2v) is 4.10. The predicted octanol–water partition coefficient (Wildman–Crippen LogP) is 2.43. The van der Waals surface area contributed by atoms with Crippen LogP contribution in [0.15, 0.2) is 30.6 Å². The fraction of sp³-hybridized carbons (Fsp3) is 0.214. The number of hydrogen-bond donors (Lipinski definition) is 2. The first-order valence-corrected chi connectivity index (χ1v) is 6.07. The zero-order chi connectivity index (χ0) is 13.7. The molecule has 3 N–H and O–H groups in total. The number of nitrogens with zero attached hydrogens (tertiary/aromatic N) is 3. The molecule has 2 rings (SSSR count). The highest BCUT2D eigenvalue weighted by Gasteiger charge is 2.07. The molecule has 0 saturated carbocycles. The quantitative estimate of drug-likeness (QED) is 0.873. The molecule has 0 radical (unpaired) electrons. The highest BCUT2D eigenvalue weighted by molar-refractivity contribution is 5.63. The second-order valence-electron chi connectivity index (χ2n) is 4.10. The van der Waals surface area contributed by atoms with E-state index in [1.165, 1.54) is 6.33 Å². The molecule has 0 bridgehead atoms. The molecular formula is C14H15N5. The van der Waals surface area contributed by atoms with Crippen molar-refractivity contribution in [1.29, 1.82) is 5.26 Å². The van der Waals surface area contributed by atoms with Crippen LogP contribution in [0.25, 0.3) is 0 Å². The maximum absolute atomic E-state index is 8.63. The van der Waals surface area contributed by atoms with Gasteiger partial charge >= 0.3 is 0 Å². The van der Waals surface area contributed by atoms with Gasteiger partial charge in [0.25, 0.3) is 0 Å². The van der Waals surface area contributed by atoms with Crippen LogP contribution in [0.5, 0.6) is 0 Å². The molecule has 0 amide bonds. The highest BCUT2D eigenvalue weighted by atomic mass is 15.0. The van der Waals surface area contributed by atoms with Gasteiger partial charge in [-0.2, -0.15) is 5.26 Å². The molecule has 2 aromatic rings. The van der Waals surface area contributed by atoms with Crippen LogP contribution in [-0.2, 0) is 12.8 Å². The molecule has 19 heavy (non-hydrogen) atoms. The predicted molar refractivity (Wildman–Crippen MR) is 74.9 cm³/mol. The fourth-order valence-corrected chi connectivity index (χ4v) is 1.82. The van der Waals surface area contributed by atoms with Gasteiger partial charge in [0, 0.05) is 11.3 Å². The lowest BCUT2D eigenvalue weighted by Gasteiger charge is -2.11. The summed E-state index contributed by atoms with van der Waals surface area (Å²) >= 11 is 0. The van der Waals surface area contributed by atoms with Crippen LogP contribution in [0, 0.1) is 11.3 Å². The molecular weight excluding hydrogens is 238 g/mol. The number of nitrogen functional groups attached to an aromatic ring is 1. The Morgan fingerprint density at radius 3 is 2.63 bits per heavy atom. The third-order valence-electron chi connectivity index (χ3n) is 2.83. The molecule has 0 unspecified atom stereocenters. The Balaban J connectivity index is 2.22. The summed E-state index contributed by atoms with van der Waals surface area (Å²) in [6.45, 7) is 2.01. The topological polar surface area (TPSA) is 87.6 Å². The van der Waals surface area contributed by atoms with Gasteiger partial charge in [0.2, 0.25) is 0 Å². The minimum absolute atomic E-state index is 0.418. The highest BCUT2D eigenvalue weighted by Crippen LogP contribution is 2.22. The van der Waals surface area contributed by atoms with Crippen LogP contribution in [0.3, 0.4) is 0 Å². The van der Waals surface area contributed by atoms with E-state index < -0.39 is 0 Å². The van der Waals surface area contributed by atoms with E-state index in [2.05, 4.69) is 21.4 Å². The molecule has 0 aliphatic rings. The Hall–Kier alpha value is -2.61. The molecule has 1 aromatic carbocycles. The number of hydrogen-bond acceptors (Lipinski definition) is 5. The van der Waals surface area contributed by atoms with E-state index in [9.17, 15) is 0 Å². The molecule has 0 aliphatic heterocycles. The average molecular weight is 253 g/mol. The molecule has 1 heterocycles. The van der Waals surface area contributed by atoms with Crippen molar-refractivity contribution in [2.24, 2.45) is 0 Å². The summed E-state index contributed by atoms with van der Waals surface area (Å²) in [7, 11) is 0. The zero-order valence-electron chi connectivity index (χ0n) is 10.7. The maximum atomic E-state index is 8.63. The molecule has 0 aliphatic carbocycles. The zero-order valence-corrected chi connectivity index (χ0v) is 10.7. The third-order valence-corrected chi connectivity index (χ3v) is 2.83. The number of rotatable bonds is 4. The standard InChI is InChI=1S/C14H15N5/c1-2-12-13(16)17-9-18-14(12)19-11-5-3-10(4-6-11)7-8-15/h3-6,9H,2,7H2,1H3,(H3,16,17,18,19). The van der Waals surface area contributed by atoms with Crippen molar-refractivity contribution in [3.05, 3.63) is 41.7 Å². The van der Waals surface area contributed by atoms with E-state index in [0.717, 1.165) is 29.1 Å². The van der Waals surface area contributed by atoms with Crippen molar-refractivity contribution < 1.29 is 0 Å². The van der Waals surface area contributed by atoms with Crippen LogP contribution < -0.4 is 11.1 Å². The number of benzene rings is 1. The third kappa shape index (κ3) is 2.99. The SMILES string of the molecule is CCc1c(N)ncnc1Nc1ccc(CC#N)cc1. The lowest BCUT2D eigenvalue weighted by atomic mass is 10.1. The van der Waals surface area contributed by atoms with Crippen molar-refractivity contribution in [2.75, 3.05) is 11.1 Å². The smallest absolute Gasteiger partial charge is 0.139 e. The van der Waals surface area contributed by atoms with Crippen molar-refractivity contribution in [2.45, 2.75) is 19.8 Å². The van der Waals surface area contributed by atoms with E-state index in [4.69, 9.17) is 11.0 Å². The van der Waals surface area contributed by atoms with Gasteiger partial charge in [0.05, 0.1) is 12.5 Å². The molecule has 96 valence electrons. The first-order valence-electron chi connectivity index (χ1n) is 6.07. The number of aromatic nitrogens is 2. The summed E-state index contributed by atoms with van der Waals surface area (Å²) in [5.74, 6) is 1.23. The van der Waals surface area contributed by atoms with Gasteiger partial charge in [-0.15, -0.1) is 0 Å². The Labute approximate surface area is 112 Å². The van der Waals surface area contributed by atoms with Gasteiger partial charge in [-0.05, 0) is 24.1 Å². The molecule has 0 saturated heterocycles. The van der Waals surface area contributed by atoms with Crippen LogP contribution in [0.2, 0.25) is 0 Å². The Morgan fingerprint density at radius 2 is 2.00 bits per heavy atom. The summed E-state index contributed by atoms with van der Waals surface area (Å²) < 4.78 is 0. The van der Waals surface area contributed by atoms with E-state index in [-0.39, 0.29) is 0 Å². The lowest BCUT2D eigenvalue weighted by Crippen LogP contribution is -2.04. The normalized spacial score (nSPS) is 9.89. The molecule has 1 aromatic heterocycles. The van der Waals surface area contributed by atoms with Gasteiger partial charge in [-0.1, -0.05) is 19.1 Å². The van der Waals surface area contributed by atoms with Crippen LogP contribution >= 0.6 is 0 Å². The van der Waals surface area contributed by atoms with E-state index in [1.807, 2.05) is 31.2 Å². The van der Waals surface area contributed by atoms with Gasteiger partial charge in [-0.3, -0.25) is 0 Å². The molecule has 5 nitrogen and oxygen atoms in total. The summed E-state index contributed by atoms with van der Waals surface area (Å²) in [6, 6.07) is 9.80. The maximum Gasteiger partial charge on any atom is 0.139 e. The monoisotopic (exact) mass is 253 g/mol. The van der Waals surface area contributed by atoms with Crippen molar-refractivity contribution in [3.63, 3.8) is 0 Å². The van der Waals surface area contributed by atoms with Crippen molar-refractivity contribution in [1.82, 2.24) is 9.97 Å². The van der Waals surface area contributed by atoms with E-state index in [1.54, 1.807) is 0 Å². The Bertz CT molecular complexity index is 598. The van der Waals surface area contributed by atoms with Gasteiger partial charge < -0.3 is 11.1 Å². The van der Waals surface area contributed by atoms with Gasteiger partial charge in [-0.25, -0.2) is 9.97 Å². The van der Waals surface area contributed by atoms with Gasteiger partial charge in [0.1, 0.15) is 18.0 Å². The fourth-order valence-electron chi connectivity index (χ4n) is 1.82. The summed E-state index contributed by atoms with van der Waals surface area (Å²) in [5, 5.41) is 11.8. The second kappa shape index (κ2) is 5.83. The molecule has 0 fully saturated rings. The van der Waals surface area contributed by atoms with Crippen LogP contribution in [-0.4, -0.2) is 9.97 Å². The Morgan fingerprint density at radius 1 is 1.26 bits per heavy atom. The van der Waals surface area contributed by atoms with E-state index >= 15 is 0 Å². The van der Waals surface area contributed by atoms with Crippen LogP contribution in [0.1, 0.15) is 18.1 Å². The number of anilines is 3. The molecule has 0 atom stereocenters. The van der Waals surface area contributed by atoms with E-state index in [0.29, 0.717) is 12.2 Å².